The molecule has 2 aromatic carbocycles. The lowest BCUT2D eigenvalue weighted by atomic mass is 10.2. The molecule has 148 valence electrons. The minimum absolute atomic E-state index is 0.0444. The zero-order chi connectivity index (χ0) is 20.8. The van der Waals surface area contributed by atoms with Crippen LogP contribution >= 0.6 is 11.6 Å². The van der Waals surface area contributed by atoms with E-state index in [9.17, 15) is 4.79 Å². The normalized spacial score (nSPS) is 10.1. The van der Waals surface area contributed by atoms with Crippen molar-refractivity contribution in [2.45, 2.75) is 0 Å². The van der Waals surface area contributed by atoms with Crippen molar-refractivity contribution in [1.82, 2.24) is 9.97 Å². The number of para-hydroxylation sites is 1. The second kappa shape index (κ2) is 8.89. The number of rotatable bonds is 5. The Morgan fingerprint density at radius 1 is 1.14 bits per heavy atom. The fourth-order valence-corrected chi connectivity index (χ4v) is 2.57. The van der Waals surface area contributed by atoms with Gasteiger partial charge in [-0.15, -0.1) is 0 Å². The Morgan fingerprint density at radius 2 is 1.90 bits per heavy atom. The van der Waals surface area contributed by atoms with Gasteiger partial charge in [-0.25, -0.2) is 14.8 Å². The van der Waals surface area contributed by atoms with Crippen LogP contribution in [0.5, 0.6) is 11.6 Å². The SMILES string of the molecule is COC(=N)c1c(N)ncnc1Oc1ccc(NC(=O)Nc2ccccc2)c(Cl)c1. The molecule has 0 saturated carbocycles. The summed E-state index contributed by atoms with van der Waals surface area (Å²) in [5, 5.41) is 13.4. The van der Waals surface area contributed by atoms with Crippen molar-refractivity contribution < 1.29 is 14.3 Å². The van der Waals surface area contributed by atoms with E-state index in [1.165, 1.54) is 19.5 Å². The predicted molar refractivity (Wildman–Crippen MR) is 111 cm³/mol. The van der Waals surface area contributed by atoms with Gasteiger partial charge in [0.1, 0.15) is 23.5 Å². The fraction of sp³-hybridized carbons (Fsp3) is 0.0526. The van der Waals surface area contributed by atoms with E-state index in [2.05, 4.69) is 20.6 Å². The van der Waals surface area contributed by atoms with Crippen LogP contribution in [-0.2, 0) is 4.74 Å². The zero-order valence-corrected chi connectivity index (χ0v) is 16.0. The van der Waals surface area contributed by atoms with E-state index in [4.69, 9.17) is 32.2 Å². The van der Waals surface area contributed by atoms with Gasteiger partial charge >= 0.3 is 6.03 Å². The number of nitrogens with one attached hydrogen (secondary N) is 3. The topological polar surface area (TPSA) is 135 Å². The number of ether oxygens (including phenoxy) is 2. The molecule has 1 aromatic heterocycles. The van der Waals surface area contributed by atoms with Gasteiger partial charge in [0.2, 0.25) is 11.8 Å². The first-order valence-electron chi connectivity index (χ1n) is 8.31. The number of nitrogen functional groups attached to an aromatic ring is 1. The average molecular weight is 413 g/mol. The van der Waals surface area contributed by atoms with Gasteiger partial charge in [0.05, 0.1) is 17.8 Å². The number of aromatic nitrogens is 2. The predicted octanol–water partition coefficient (Wildman–Crippen LogP) is 4.12. The van der Waals surface area contributed by atoms with Gasteiger partial charge in [0, 0.05) is 11.8 Å². The Kier molecular flexibility index (Phi) is 6.10. The maximum Gasteiger partial charge on any atom is 0.323 e. The smallest absolute Gasteiger partial charge is 0.323 e. The largest absolute Gasteiger partial charge is 0.481 e. The van der Waals surface area contributed by atoms with E-state index < -0.39 is 6.03 Å². The molecule has 9 nitrogen and oxygen atoms in total. The monoisotopic (exact) mass is 412 g/mol. The first kappa shape index (κ1) is 19.9. The molecule has 0 radical (unpaired) electrons. The van der Waals surface area contributed by atoms with E-state index in [1.807, 2.05) is 18.2 Å². The maximum atomic E-state index is 12.1. The molecule has 10 heteroatoms. The second-order valence-electron chi connectivity index (χ2n) is 5.66. The van der Waals surface area contributed by atoms with Gasteiger partial charge in [0.25, 0.3) is 0 Å². The van der Waals surface area contributed by atoms with Gasteiger partial charge in [-0.1, -0.05) is 29.8 Å². The number of nitrogens with zero attached hydrogens (tertiary/aromatic N) is 2. The third-order valence-electron chi connectivity index (χ3n) is 3.71. The number of halogens is 1. The van der Waals surface area contributed by atoms with Gasteiger partial charge in [-0.3, -0.25) is 5.41 Å². The second-order valence-corrected chi connectivity index (χ2v) is 6.07. The average Bonchev–Trinajstić information content (AvgIpc) is 2.70. The minimum Gasteiger partial charge on any atom is -0.481 e. The van der Waals surface area contributed by atoms with Crippen LogP contribution in [0.2, 0.25) is 5.02 Å². The zero-order valence-electron chi connectivity index (χ0n) is 15.3. The molecular formula is C19H17ClN6O3. The summed E-state index contributed by atoms with van der Waals surface area (Å²) in [4.78, 5) is 19.9. The summed E-state index contributed by atoms with van der Waals surface area (Å²) in [6, 6.07) is 13.2. The molecule has 29 heavy (non-hydrogen) atoms. The summed E-state index contributed by atoms with van der Waals surface area (Å²) in [7, 11) is 1.33. The van der Waals surface area contributed by atoms with Gasteiger partial charge in [-0.2, -0.15) is 0 Å². The first-order valence-corrected chi connectivity index (χ1v) is 8.69. The molecule has 0 aliphatic carbocycles. The maximum absolute atomic E-state index is 12.1. The third kappa shape index (κ3) is 4.90. The van der Waals surface area contributed by atoms with Crippen LogP contribution in [0.25, 0.3) is 0 Å². The van der Waals surface area contributed by atoms with Crippen molar-refractivity contribution in [3.05, 3.63) is 65.4 Å². The molecule has 5 N–H and O–H groups in total. The highest BCUT2D eigenvalue weighted by Crippen LogP contribution is 2.31. The van der Waals surface area contributed by atoms with Crippen molar-refractivity contribution in [2.24, 2.45) is 0 Å². The van der Waals surface area contributed by atoms with Crippen molar-refractivity contribution >= 4 is 40.7 Å². The van der Waals surface area contributed by atoms with Gasteiger partial charge in [0.15, 0.2) is 0 Å². The number of carbonyl (C=O) groups is 1. The van der Waals surface area contributed by atoms with E-state index in [0.29, 0.717) is 17.1 Å². The molecule has 3 aromatic rings. The molecule has 1 heterocycles. The van der Waals surface area contributed by atoms with E-state index >= 15 is 0 Å². The van der Waals surface area contributed by atoms with E-state index in [-0.39, 0.29) is 28.2 Å². The van der Waals surface area contributed by atoms with Crippen molar-refractivity contribution in [3.63, 3.8) is 0 Å². The van der Waals surface area contributed by atoms with Crippen LogP contribution in [0.15, 0.2) is 54.9 Å². The fourth-order valence-electron chi connectivity index (χ4n) is 2.35. The Labute approximate surface area is 171 Å². The van der Waals surface area contributed by atoms with Crippen molar-refractivity contribution in [1.29, 1.82) is 5.41 Å². The molecule has 0 spiro atoms. The number of anilines is 3. The lowest BCUT2D eigenvalue weighted by Crippen LogP contribution is -2.19. The molecular weight excluding hydrogens is 396 g/mol. The van der Waals surface area contributed by atoms with Gasteiger partial charge < -0.3 is 25.8 Å². The molecule has 0 aliphatic heterocycles. The van der Waals surface area contributed by atoms with Crippen LogP contribution < -0.4 is 21.1 Å². The Balaban J connectivity index is 1.74. The minimum atomic E-state index is -0.439. The number of methoxy groups -OCH3 is 1. The molecule has 0 unspecified atom stereocenters. The summed E-state index contributed by atoms with van der Waals surface area (Å²) in [6.07, 6.45) is 1.21. The number of hydrogen-bond donors (Lipinski definition) is 4. The van der Waals surface area contributed by atoms with Crippen LogP contribution in [0.3, 0.4) is 0 Å². The Hall–Kier alpha value is -3.85. The van der Waals surface area contributed by atoms with Crippen LogP contribution in [0, 0.1) is 5.41 Å². The lowest BCUT2D eigenvalue weighted by molar-refractivity contribution is 0.262. The Morgan fingerprint density at radius 3 is 2.59 bits per heavy atom. The molecule has 0 fully saturated rings. The lowest BCUT2D eigenvalue weighted by Gasteiger charge is -2.13. The number of benzene rings is 2. The highest BCUT2D eigenvalue weighted by atomic mass is 35.5. The number of carbonyl (C=O) groups excluding carboxylic acids is 1. The number of urea groups is 1. The van der Waals surface area contributed by atoms with Crippen LogP contribution in [0.1, 0.15) is 5.56 Å². The third-order valence-corrected chi connectivity index (χ3v) is 4.02. The summed E-state index contributed by atoms with van der Waals surface area (Å²) >= 11 is 6.26. The Bertz CT molecular complexity index is 1050. The molecule has 0 atom stereocenters. The number of hydrogen-bond acceptors (Lipinski definition) is 7. The number of nitrogens with two attached hydrogens (primary N) is 1. The van der Waals surface area contributed by atoms with E-state index in [1.54, 1.807) is 24.3 Å². The molecule has 0 saturated heterocycles. The summed E-state index contributed by atoms with van der Waals surface area (Å²) in [5.74, 6) is 0.180. The number of amides is 2. The summed E-state index contributed by atoms with van der Waals surface area (Å²) in [5.41, 5.74) is 6.95. The summed E-state index contributed by atoms with van der Waals surface area (Å²) in [6.45, 7) is 0. The van der Waals surface area contributed by atoms with Crippen molar-refractivity contribution in [3.8, 4) is 11.6 Å². The molecule has 0 bridgehead atoms. The van der Waals surface area contributed by atoms with Gasteiger partial charge in [-0.05, 0) is 24.3 Å². The quantitative estimate of drug-likeness (QED) is 0.367. The highest BCUT2D eigenvalue weighted by Gasteiger charge is 2.18. The van der Waals surface area contributed by atoms with Crippen molar-refractivity contribution in [2.75, 3.05) is 23.5 Å². The highest BCUT2D eigenvalue weighted by molar-refractivity contribution is 6.34. The molecule has 2 amide bonds. The summed E-state index contributed by atoms with van der Waals surface area (Å²) < 4.78 is 10.6. The standard InChI is InChI=1S/C19H17ClN6O3/c1-28-17(22)15-16(21)23-10-24-18(15)29-12-7-8-14(13(20)9-12)26-19(27)25-11-5-3-2-4-6-11/h2-10,22H,1H3,(H2,21,23,24)(H2,25,26,27). The van der Waals surface area contributed by atoms with Crippen LogP contribution in [-0.4, -0.2) is 29.0 Å². The van der Waals surface area contributed by atoms with E-state index in [0.717, 1.165) is 0 Å². The van der Waals surface area contributed by atoms with Crippen LogP contribution in [0.4, 0.5) is 22.0 Å². The first-order chi connectivity index (χ1) is 14.0. The molecule has 3 rings (SSSR count). The molecule has 0 aliphatic rings.